The fourth-order valence-electron chi connectivity index (χ4n) is 3.38. The minimum Gasteiger partial charge on any atom is -0.379 e. The number of carbonyl (C=O) groups excluding carboxylic acids is 1. The van der Waals surface area contributed by atoms with Crippen molar-refractivity contribution in [2.45, 2.75) is 43.7 Å². The second kappa shape index (κ2) is 10.4. The van der Waals surface area contributed by atoms with Gasteiger partial charge in [-0.15, -0.1) is 0 Å². The second-order valence-corrected chi connectivity index (χ2v) is 9.86. The normalized spacial score (nSPS) is 12.5. The number of amides is 1. The van der Waals surface area contributed by atoms with Gasteiger partial charge >= 0.3 is 22.5 Å². The molecule has 3 rings (SSSR count). The third-order valence-corrected chi connectivity index (χ3v) is 6.47. The van der Waals surface area contributed by atoms with Gasteiger partial charge in [-0.25, -0.2) is 0 Å². The zero-order valence-electron chi connectivity index (χ0n) is 19.5. The lowest BCUT2D eigenvalue weighted by Gasteiger charge is -2.27. The van der Waals surface area contributed by atoms with Gasteiger partial charge in [0.25, 0.3) is 5.91 Å². The predicted octanol–water partition coefficient (Wildman–Crippen LogP) is 6.54. The summed E-state index contributed by atoms with van der Waals surface area (Å²) in [6, 6.07) is 12.1. The fourth-order valence-corrected chi connectivity index (χ4v) is 4.35. The van der Waals surface area contributed by atoms with Gasteiger partial charge in [-0.1, -0.05) is 24.3 Å². The Balaban J connectivity index is 1.84. The van der Waals surface area contributed by atoms with Crippen LogP contribution in [-0.2, 0) is 29.0 Å². The van der Waals surface area contributed by atoms with Crippen molar-refractivity contribution < 1.29 is 43.7 Å². The lowest BCUT2D eigenvalue weighted by atomic mass is 10.1. The van der Waals surface area contributed by atoms with Gasteiger partial charge in [0.1, 0.15) is 10.6 Å². The highest BCUT2D eigenvalue weighted by Gasteiger charge is 2.33. The standard InChI is InChI=1S/C25H21F6NO4S/c1-16(2)32(23(33)18-7-4-8-19(13-18)24(26,27)28)15-17-6-3-10-21(12-17)36-37(34,35)22-11-5-9-20(14-22)25(29,30)31/h3-14,16H,15H2,1-2H3. The smallest absolute Gasteiger partial charge is 0.379 e. The van der Waals surface area contributed by atoms with Crippen molar-refractivity contribution in [3.8, 4) is 5.75 Å². The van der Waals surface area contributed by atoms with E-state index in [-0.39, 0.29) is 17.9 Å². The predicted molar refractivity (Wildman–Crippen MR) is 122 cm³/mol. The van der Waals surface area contributed by atoms with E-state index in [1.165, 1.54) is 29.2 Å². The number of halogens is 6. The summed E-state index contributed by atoms with van der Waals surface area (Å²) >= 11 is 0. The Morgan fingerprint density at radius 1 is 0.838 bits per heavy atom. The first-order valence-corrected chi connectivity index (χ1v) is 12.2. The largest absolute Gasteiger partial charge is 0.416 e. The highest BCUT2D eigenvalue weighted by Crippen LogP contribution is 2.32. The highest BCUT2D eigenvalue weighted by molar-refractivity contribution is 7.87. The lowest BCUT2D eigenvalue weighted by molar-refractivity contribution is -0.138. The van der Waals surface area contributed by atoms with E-state index in [0.717, 1.165) is 36.4 Å². The van der Waals surface area contributed by atoms with Crippen LogP contribution in [0.15, 0.2) is 77.7 Å². The number of rotatable bonds is 7. The molecule has 0 spiro atoms. The molecule has 12 heteroatoms. The van der Waals surface area contributed by atoms with E-state index in [1.54, 1.807) is 19.9 Å². The highest BCUT2D eigenvalue weighted by atomic mass is 32.2. The van der Waals surface area contributed by atoms with Gasteiger partial charge in [0, 0.05) is 18.2 Å². The summed E-state index contributed by atoms with van der Waals surface area (Å²) in [5, 5.41) is 0. The molecular formula is C25H21F6NO4S. The molecule has 3 aromatic rings. The average Bonchev–Trinajstić information content (AvgIpc) is 2.81. The first-order valence-electron chi connectivity index (χ1n) is 10.8. The van der Waals surface area contributed by atoms with Crippen LogP contribution in [0.1, 0.15) is 40.9 Å². The quantitative estimate of drug-likeness (QED) is 0.250. The Kier molecular flexibility index (Phi) is 7.91. The molecule has 0 atom stereocenters. The molecule has 0 fully saturated rings. The van der Waals surface area contributed by atoms with Crippen LogP contribution in [0, 0.1) is 0 Å². The topological polar surface area (TPSA) is 63.7 Å². The van der Waals surface area contributed by atoms with Crippen LogP contribution in [0.5, 0.6) is 5.75 Å². The monoisotopic (exact) mass is 545 g/mol. The zero-order valence-corrected chi connectivity index (χ0v) is 20.3. The average molecular weight is 546 g/mol. The van der Waals surface area contributed by atoms with Crippen molar-refractivity contribution in [1.82, 2.24) is 4.90 Å². The van der Waals surface area contributed by atoms with Gasteiger partial charge < -0.3 is 9.08 Å². The Morgan fingerprint density at radius 3 is 2.00 bits per heavy atom. The minimum atomic E-state index is -4.75. The van der Waals surface area contributed by atoms with Gasteiger partial charge in [-0.2, -0.15) is 34.8 Å². The summed E-state index contributed by atoms with van der Waals surface area (Å²) in [5.74, 6) is -0.894. The molecule has 0 heterocycles. The van der Waals surface area contributed by atoms with E-state index < -0.39 is 50.4 Å². The van der Waals surface area contributed by atoms with Crippen LogP contribution in [0.25, 0.3) is 0 Å². The first-order chi connectivity index (χ1) is 17.1. The number of alkyl halides is 6. The summed E-state index contributed by atoms with van der Waals surface area (Å²) in [7, 11) is -4.62. The van der Waals surface area contributed by atoms with Gasteiger partial charge in [-0.05, 0) is 67.9 Å². The summed E-state index contributed by atoms with van der Waals surface area (Å²) in [6.45, 7) is 3.21. The van der Waals surface area contributed by atoms with E-state index in [1.807, 2.05) is 0 Å². The van der Waals surface area contributed by atoms with Crippen LogP contribution in [0.4, 0.5) is 26.3 Å². The lowest BCUT2D eigenvalue weighted by Crippen LogP contribution is -2.36. The molecular weight excluding hydrogens is 524 g/mol. The Bertz CT molecular complexity index is 1380. The molecule has 198 valence electrons. The fraction of sp³-hybridized carbons (Fsp3) is 0.240. The number of hydrogen-bond donors (Lipinski definition) is 0. The molecule has 0 aromatic heterocycles. The van der Waals surface area contributed by atoms with Crippen molar-refractivity contribution in [2.75, 3.05) is 0 Å². The summed E-state index contributed by atoms with van der Waals surface area (Å²) in [6.07, 6.45) is -9.38. The summed E-state index contributed by atoms with van der Waals surface area (Å²) in [4.78, 5) is 13.6. The van der Waals surface area contributed by atoms with Crippen molar-refractivity contribution >= 4 is 16.0 Å². The molecule has 0 radical (unpaired) electrons. The van der Waals surface area contributed by atoms with Crippen molar-refractivity contribution in [3.63, 3.8) is 0 Å². The van der Waals surface area contributed by atoms with Crippen LogP contribution in [0.2, 0.25) is 0 Å². The molecule has 0 aliphatic carbocycles. The first kappa shape index (κ1) is 28.0. The van der Waals surface area contributed by atoms with Crippen LogP contribution in [-0.4, -0.2) is 25.3 Å². The third kappa shape index (κ3) is 7.03. The zero-order chi connectivity index (χ0) is 27.6. The van der Waals surface area contributed by atoms with Gasteiger partial charge in [0.15, 0.2) is 0 Å². The summed E-state index contributed by atoms with van der Waals surface area (Å²) in [5.41, 5.74) is -1.93. The van der Waals surface area contributed by atoms with Crippen molar-refractivity contribution in [3.05, 3.63) is 95.1 Å². The molecule has 0 bridgehead atoms. The van der Waals surface area contributed by atoms with Gasteiger partial charge in [0.05, 0.1) is 11.1 Å². The minimum absolute atomic E-state index is 0.104. The Hall–Kier alpha value is -3.54. The maximum Gasteiger partial charge on any atom is 0.416 e. The molecule has 3 aromatic carbocycles. The molecule has 37 heavy (non-hydrogen) atoms. The molecule has 0 saturated heterocycles. The number of carbonyl (C=O) groups is 1. The van der Waals surface area contributed by atoms with Crippen LogP contribution >= 0.6 is 0 Å². The van der Waals surface area contributed by atoms with E-state index in [9.17, 15) is 39.6 Å². The van der Waals surface area contributed by atoms with E-state index in [0.29, 0.717) is 11.6 Å². The number of hydrogen-bond acceptors (Lipinski definition) is 4. The Morgan fingerprint density at radius 2 is 1.41 bits per heavy atom. The molecule has 0 aliphatic heterocycles. The molecule has 5 nitrogen and oxygen atoms in total. The van der Waals surface area contributed by atoms with E-state index in [4.69, 9.17) is 4.18 Å². The molecule has 0 aliphatic rings. The maximum absolute atomic E-state index is 13.1. The van der Waals surface area contributed by atoms with Crippen LogP contribution in [0.3, 0.4) is 0 Å². The van der Waals surface area contributed by atoms with Crippen molar-refractivity contribution in [1.29, 1.82) is 0 Å². The number of benzene rings is 3. The maximum atomic E-state index is 13.1. The van der Waals surface area contributed by atoms with Gasteiger partial charge in [0.2, 0.25) is 0 Å². The van der Waals surface area contributed by atoms with Crippen molar-refractivity contribution in [2.24, 2.45) is 0 Å². The third-order valence-electron chi connectivity index (χ3n) is 5.23. The molecule has 1 amide bonds. The Labute approximate surface area is 209 Å². The second-order valence-electron chi connectivity index (χ2n) is 8.32. The van der Waals surface area contributed by atoms with E-state index in [2.05, 4.69) is 0 Å². The van der Waals surface area contributed by atoms with Crippen LogP contribution < -0.4 is 4.18 Å². The molecule has 0 saturated carbocycles. The summed E-state index contributed by atoms with van der Waals surface area (Å²) < 4.78 is 108. The molecule has 0 unspecified atom stereocenters. The SMILES string of the molecule is CC(C)N(Cc1cccc(OS(=O)(=O)c2cccc(C(F)(F)F)c2)c1)C(=O)c1cccc(C(F)(F)F)c1. The van der Waals surface area contributed by atoms with Gasteiger partial charge in [-0.3, -0.25) is 4.79 Å². The van der Waals surface area contributed by atoms with E-state index >= 15 is 0 Å². The molecule has 0 N–H and O–H groups in total. The number of nitrogens with zero attached hydrogens (tertiary/aromatic N) is 1.